The van der Waals surface area contributed by atoms with Crippen molar-refractivity contribution >= 4 is 15.8 Å². The Labute approximate surface area is 118 Å². The van der Waals surface area contributed by atoms with Crippen molar-refractivity contribution in [2.75, 3.05) is 12.8 Å². The van der Waals surface area contributed by atoms with E-state index in [4.69, 9.17) is 9.63 Å². The fraction of sp³-hybridized carbons (Fsp3) is 0.455. The lowest BCUT2D eigenvalue weighted by molar-refractivity contribution is 0.0850. The third-order valence-electron chi connectivity index (χ3n) is 2.06. The summed E-state index contributed by atoms with van der Waals surface area (Å²) in [6.07, 6.45) is -0.241. The van der Waals surface area contributed by atoms with Gasteiger partial charge in [0.25, 0.3) is 0 Å². The van der Waals surface area contributed by atoms with Gasteiger partial charge in [0.05, 0.1) is 28.7 Å². The molecule has 0 radical (unpaired) electrons. The second-order valence-corrected chi connectivity index (χ2v) is 7.21. The number of benzene rings is 1. The van der Waals surface area contributed by atoms with Crippen molar-refractivity contribution in [2.45, 2.75) is 20.5 Å². The van der Waals surface area contributed by atoms with Gasteiger partial charge in [-0.2, -0.15) is 4.89 Å². The molecule has 7 nitrogen and oxygen atoms in total. The van der Waals surface area contributed by atoms with Gasteiger partial charge in [0.15, 0.2) is 0 Å². The molecule has 1 fully saturated rings. The van der Waals surface area contributed by atoms with E-state index in [1.807, 2.05) is 44.2 Å². The van der Waals surface area contributed by atoms with E-state index in [-0.39, 0.29) is 12.8 Å². The van der Waals surface area contributed by atoms with Crippen LogP contribution in [0.25, 0.3) is 0 Å². The van der Waals surface area contributed by atoms with Crippen LogP contribution in [0.5, 0.6) is 0 Å². The SMILES string of the molecule is CC.O=P(O)(CCOCc1ccccc1)O[P+]1(O)OO1. The monoisotopic (exact) mass is 325 g/mol. The van der Waals surface area contributed by atoms with E-state index in [1.165, 1.54) is 0 Å². The largest absolute Gasteiger partial charge is 0.650 e. The van der Waals surface area contributed by atoms with Crippen molar-refractivity contribution in [1.29, 1.82) is 0 Å². The second-order valence-electron chi connectivity index (χ2n) is 3.60. The minimum atomic E-state index is -3.95. The summed E-state index contributed by atoms with van der Waals surface area (Å²) in [6.45, 7) is 4.37. The molecule has 0 bridgehead atoms. The lowest BCUT2D eigenvalue weighted by atomic mass is 10.2. The highest BCUT2D eigenvalue weighted by Crippen LogP contribution is 2.79. The Kier molecular flexibility index (Phi) is 7.23. The smallest absolute Gasteiger partial charge is 0.376 e. The normalized spacial score (nSPS) is 18.6. The Morgan fingerprint density at radius 1 is 1.25 bits per heavy atom. The highest BCUT2D eigenvalue weighted by Gasteiger charge is 2.71. The number of hydrogen-bond acceptors (Lipinski definition) is 6. The Balaban J connectivity index is 0.000000956. The Morgan fingerprint density at radius 3 is 2.40 bits per heavy atom. The predicted octanol–water partition coefficient (Wildman–Crippen LogP) is 3.06. The second kappa shape index (κ2) is 8.17. The maximum absolute atomic E-state index is 11.4. The molecule has 1 aromatic carbocycles. The number of ether oxygens (including phenoxy) is 1. The van der Waals surface area contributed by atoms with E-state index in [1.54, 1.807) is 0 Å². The highest BCUT2D eigenvalue weighted by atomic mass is 31.3. The molecule has 9 heteroatoms. The Hall–Kier alpha value is -0.360. The summed E-state index contributed by atoms with van der Waals surface area (Å²) in [5, 5.41) is 0. The summed E-state index contributed by atoms with van der Waals surface area (Å²) in [7, 11) is -7.41. The zero-order chi connectivity index (χ0) is 15.1. The van der Waals surface area contributed by atoms with Crippen molar-refractivity contribution in [3.05, 3.63) is 35.9 Å². The molecule has 1 atom stereocenters. The fourth-order valence-corrected chi connectivity index (χ4v) is 3.62. The number of rotatable bonds is 7. The average Bonchev–Trinajstić information content (AvgIpc) is 3.15. The van der Waals surface area contributed by atoms with Gasteiger partial charge < -0.3 is 9.63 Å². The van der Waals surface area contributed by atoms with Crippen LogP contribution in [0, 0.1) is 0 Å². The minimum absolute atomic E-state index is 0.0304. The predicted molar refractivity (Wildman–Crippen MR) is 74.5 cm³/mol. The van der Waals surface area contributed by atoms with Gasteiger partial charge in [0, 0.05) is 0 Å². The van der Waals surface area contributed by atoms with Gasteiger partial charge in [-0.05, 0) is 5.56 Å². The van der Waals surface area contributed by atoms with Crippen LogP contribution in [-0.4, -0.2) is 22.6 Å². The van der Waals surface area contributed by atoms with Crippen LogP contribution in [0.1, 0.15) is 19.4 Å². The minimum Gasteiger partial charge on any atom is -0.376 e. The van der Waals surface area contributed by atoms with Crippen molar-refractivity contribution in [1.82, 2.24) is 0 Å². The van der Waals surface area contributed by atoms with Crippen LogP contribution in [0.4, 0.5) is 0 Å². The number of hydrogen-bond donors (Lipinski definition) is 2. The standard InChI is InChI=1S/C9H12O7P2.C2H6/c10-17(11,16-18(12)14-15-18)7-6-13-8-9-4-2-1-3-5-9;1-2/h1-5,12H,6-8H2;1-2H3/p+1. The quantitative estimate of drug-likeness (QED) is 0.344. The molecule has 0 aromatic heterocycles. The molecule has 0 aliphatic carbocycles. The summed E-state index contributed by atoms with van der Waals surface area (Å²) in [5.74, 6) is 0. The first-order valence-corrected chi connectivity index (χ1v) is 9.40. The third kappa shape index (κ3) is 6.88. The molecule has 1 aromatic rings. The van der Waals surface area contributed by atoms with Gasteiger partial charge in [-0.15, -0.1) is 0 Å². The summed E-state index contributed by atoms with van der Waals surface area (Å²) in [5.41, 5.74) is 0.964. The Morgan fingerprint density at radius 2 is 1.85 bits per heavy atom. The summed E-state index contributed by atoms with van der Waals surface area (Å²) in [4.78, 5) is 18.4. The molecular formula is C11H19O7P2+. The molecule has 0 saturated carbocycles. The van der Waals surface area contributed by atoms with Crippen molar-refractivity contribution in [3.8, 4) is 0 Å². The maximum atomic E-state index is 11.4. The molecule has 1 unspecified atom stereocenters. The molecule has 1 aliphatic rings. The molecule has 1 aliphatic heterocycles. The molecule has 114 valence electrons. The molecule has 2 N–H and O–H groups in total. The molecule has 0 spiro atoms. The molecule has 0 amide bonds. The first-order valence-electron chi connectivity index (χ1n) is 6.14. The topological polar surface area (TPSA) is 101 Å². The van der Waals surface area contributed by atoms with E-state index in [0.29, 0.717) is 6.61 Å². The van der Waals surface area contributed by atoms with E-state index < -0.39 is 15.8 Å². The molecule has 1 heterocycles. The van der Waals surface area contributed by atoms with Crippen LogP contribution in [0.3, 0.4) is 0 Å². The van der Waals surface area contributed by atoms with Crippen molar-refractivity contribution in [3.63, 3.8) is 0 Å². The van der Waals surface area contributed by atoms with Crippen LogP contribution in [0.15, 0.2) is 30.3 Å². The first kappa shape index (κ1) is 17.7. The fourth-order valence-electron chi connectivity index (χ4n) is 1.20. The highest BCUT2D eigenvalue weighted by molar-refractivity contribution is 7.69. The van der Waals surface area contributed by atoms with Crippen molar-refractivity contribution < 1.29 is 32.7 Å². The molecule has 20 heavy (non-hydrogen) atoms. The first-order chi connectivity index (χ1) is 9.49. The van der Waals surface area contributed by atoms with Crippen molar-refractivity contribution in [2.24, 2.45) is 0 Å². The van der Waals surface area contributed by atoms with Crippen LogP contribution in [-0.2, 0) is 29.6 Å². The summed E-state index contributed by atoms with van der Waals surface area (Å²) < 4.78 is 29.3. The van der Waals surface area contributed by atoms with E-state index >= 15 is 0 Å². The van der Waals surface area contributed by atoms with Gasteiger partial charge in [-0.3, -0.25) is 4.57 Å². The van der Waals surface area contributed by atoms with Crippen LogP contribution in [0.2, 0.25) is 0 Å². The van der Waals surface area contributed by atoms with E-state index in [9.17, 15) is 9.46 Å². The third-order valence-corrected chi connectivity index (χ3v) is 5.06. The van der Waals surface area contributed by atoms with Crippen LogP contribution < -0.4 is 0 Å². The van der Waals surface area contributed by atoms with Gasteiger partial charge in [-0.25, -0.2) is 0 Å². The molecule has 1 saturated heterocycles. The zero-order valence-electron chi connectivity index (χ0n) is 11.3. The van der Waals surface area contributed by atoms with Gasteiger partial charge >= 0.3 is 15.8 Å². The van der Waals surface area contributed by atoms with Gasteiger partial charge in [0.1, 0.15) is 0 Å². The average molecular weight is 325 g/mol. The molecule has 2 rings (SSSR count). The molecular weight excluding hydrogens is 306 g/mol. The Bertz CT molecular complexity index is 436. The maximum Gasteiger partial charge on any atom is 0.650 e. The van der Waals surface area contributed by atoms with Crippen LogP contribution >= 0.6 is 15.8 Å². The summed E-state index contributed by atoms with van der Waals surface area (Å²) >= 11 is 0. The van der Waals surface area contributed by atoms with E-state index in [0.717, 1.165) is 5.56 Å². The summed E-state index contributed by atoms with van der Waals surface area (Å²) in [6, 6.07) is 9.41. The van der Waals surface area contributed by atoms with Gasteiger partial charge in [-0.1, -0.05) is 48.5 Å². The lowest BCUT2D eigenvalue weighted by Gasteiger charge is -2.07. The zero-order valence-corrected chi connectivity index (χ0v) is 13.1. The van der Waals surface area contributed by atoms with Gasteiger partial charge in [0.2, 0.25) is 0 Å². The van der Waals surface area contributed by atoms with E-state index in [2.05, 4.69) is 13.7 Å². The lowest BCUT2D eigenvalue weighted by Crippen LogP contribution is -2.02.